The summed E-state index contributed by atoms with van der Waals surface area (Å²) in [5, 5.41) is 12.3. The highest BCUT2D eigenvalue weighted by Gasteiger charge is 2.19. The second-order valence-electron chi connectivity index (χ2n) is 6.86. The number of hydrogen-bond donors (Lipinski definition) is 1. The average Bonchev–Trinajstić information content (AvgIpc) is 3.35. The molecule has 0 spiro atoms. The largest absolute Gasteiger partial charge is 0.292 e. The van der Waals surface area contributed by atoms with Crippen molar-refractivity contribution in [2.24, 2.45) is 0 Å². The Bertz CT molecular complexity index is 1200. The number of aromatic nitrogens is 5. The van der Waals surface area contributed by atoms with E-state index in [9.17, 15) is 9.59 Å². The zero-order valence-electron chi connectivity index (χ0n) is 16.6. The van der Waals surface area contributed by atoms with E-state index in [0.717, 1.165) is 11.3 Å². The molecule has 150 valence electrons. The predicted octanol–water partition coefficient (Wildman–Crippen LogP) is 3.03. The average molecular weight is 400 g/mol. The van der Waals surface area contributed by atoms with Crippen LogP contribution in [0.3, 0.4) is 0 Å². The lowest BCUT2D eigenvalue weighted by Gasteiger charge is -2.11. The minimum Gasteiger partial charge on any atom is -0.292 e. The molecule has 8 nitrogen and oxygen atoms in total. The molecule has 0 aliphatic carbocycles. The SMILES string of the molecule is Cc1cc(C(=O)Cn2nnc(-c3ccccc3)n2)c(C)n1NC(=O)c1ccccc1. The molecule has 0 unspecified atom stereocenters. The molecule has 2 aromatic carbocycles. The number of nitrogens with one attached hydrogen (secondary N) is 1. The molecule has 8 heteroatoms. The van der Waals surface area contributed by atoms with Crippen molar-refractivity contribution in [3.63, 3.8) is 0 Å². The van der Waals surface area contributed by atoms with E-state index in [1.807, 2.05) is 43.3 Å². The van der Waals surface area contributed by atoms with Gasteiger partial charge in [-0.15, -0.1) is 10.2 Å². The van der Waals surface area contributed by atoms with Crippen LogP contribution in [0.15, 0.2) is 66.7 Å². The van der Waals surface area contributed by atoms with Crippen molar-refractivity contribution in [1.29, 1.82) is 0 Å². The van der Waals surface area contributed by atoms with Crippen molar-refractivity contribution in [1.82, 2.24) is 24.9 Å². The number of tetrazole rings is 1. The van der Waals surface area contributed by atoms with Crippen LogP contribution in [-0.2, 0) is 6.54 Å². The van der Waals surface area contributed by atoms with E-state index in [2.05, 4.69) is 20.8 Å². The van der Waals surface area contributed by atoms with Gasteiger partial charge in [-0.05, 0) is 37.3 Å². The summed E-state index contributed by atoms with van der Waals surface area (Å²) in [6.07, 6.45) is 0. The summed E-state index contributed by atoms with van der Waals surface area (Å²) in [4.78, 5) is 26.6. The molecule has 0 bridgehead atoms. The minimum atomic E-state index is -0.248. The first kappa shape index (κ1) is 19.3. The Hall–Kier alpha value is -4.07. The first-order chi connectivity index (χ1) is 14.5. The van der Waals surface area contributed by atoms with Gasteiger partial charge in [-0.1, -0.05) is 48.5 Å². The normalized spacial score (nSPS) is 10.7. The molecule has 2 aromatic heterocycles. The molecule has 2 heterocycles. The molecule has 4 aromatic rings. The van der Waals surface area contributed by atoms with Gasteiger partial charge in [0.1, 0.15) is 6.54 Å². The van der Waals surface area contributed by atoms with Gasteiger partial charge in [0.05, 0.1) is 0 Å². The van der Waals surface area contributed by atoms with Gasteiger partial charge in [0.25, 0.3) is 5.91 Å². The van der Waals surface area contributed by atoms with Gasteiger partial charge in [-0.25, -0.2) is 0 Å². The highest BCUT2D eigenvalue weighted by molar-refractivity contribution is 6.01. The van der Waals surface area contributed by atoms with Crippen LogP contribution in [-0.4, -0.2) is 36.6 Å². The lowest BCUT2D eigenvalue weighted by atomic mass is 10.1. The summed E-state index contributed by atoms with van der Waals surface area (Å²) in [6, 6.07) is 20.1. The van der Waals surface area contributed by atoms with Gasteiger partial charge in [0.15, 0.2) is 5.78 Å². The van der Waals surface area contributed by atoms with E-state index in [-0.39, 0.29) is 18.2 Å². The highest BCUT2D eigenvalue weighted by atomic mass is 16.2. The first-order valence-electron chi connectivity index (χ1n) is 9.44. The van der Waals surface area contributed by atoms with Crippen molar-refractivity contribution in [3.8, 4) is 11.4 Å². The zero-order chi connectivity index (χ0) is 21.1. The summed E-state index contributed by atoms with van der Waals surface area (Å²) >= 11 is 0. The number of amides is 1. The predicted molar refractivity (Wildman–Crippen MR) is 112 cm³/mol. The smallest absolute Gasteiger partial charge is 0.270 e. The van der Waals surface area contributed by atoms with Gasteiger partial charge in [-0.3, -0.25) is 19.7 Å². The maximum Gasteiger partial charge on any atom is 0.270 e. The van der Waals surface area contributed by atoms with Crippen molar-refractivity contribution in [3.05, 3.63) is 89.2 Å². The van der Waals surface area contributed by atoms with Crippen LogP contribution in [0.4, 0.5) is 0 Å². The summed E-state index contributed by atoms with van der Waals surface area (Å²) in [7, 11) is 0. The summed E-state index contributed by atoms with van der Waals surface area (Å²) in [6.45, 7) is 3.57. The van der Waals surface area contributed by atoms with Gasteiger partial charge in [-0.2, -0.15) is 4.80 Å². The number of rotatable bonds is 6. The van der Waals surface area contributed by atoms with Crippen LogP contribution < -0.4 is 5.43 Å². The lowest BCUT2D eigenvalue weighted by Crippen LogP contribution is -2.25. The van der Waals surface area contributed by atoms with Crippen LogP contribution in [0, 0.1) is 13.8 Å². The maximum absolute atomic E-state index is 12.8. The van der Waals surface area contributed by atoms with Crippen molar-refractivity contribution < 1.29 is 9.59 Å². The number of carbonyl (C=O) groups excluding carboxylic acids is 2. The first-order valence-corrected chi connectivity index (χ1v) is 9.44. The summed E-state index contributed by atoms with van der Waals surface area (Å²) in [5.41, 5.74) is 6.10. The van der Waals surface area contributed by atoms with Crippen molar-refractivity contribution >= 4 is 11.7 Å². The van der Waals surface area contributed by atoms with E-state index in [1.165, 1.54) is 4.80 Å². The van der Waals surface area contributed by atoms with Gasteiger partial charge in [0.2, 0.25) is 5.82 Å². The topological polar surface area (TPSA) is 94.7 Å². The van der Waals surface area contributed by atoms with Crippen molar-refractivity contribution in [2.45, 2.75) is 20.4 Å². The lowest BCUT2D eigenvalue weighted by molar-refractivity contribution is 0.0957. The Labute approximate surface area is 173 Å². The van der Waals surface area contributed by atoms with Gasteiger partial charge < -0.3 is 0 Å². The number of aryl methyl sites for hydroxylation is 1. The number of nitrogens with zero attached hydrogens (tertiary/aromatic N) is 5. The van der Waals surface area contributed by atoms with E-state index >= 15 is 0 Å². The molecule has 0 atom stereocenters. The molecule has 30 heavy (non-hydrogen) atoms. The zero-order valence-corrected chi connectivity index (χ0v) is 16.6. The maximum atomic E-state index is 12.8. The standard InChI is InChI=1S/C22H20N6O2/c1-15-13-19(16(2)28(15)25-22(30)18-11-7-4-8-12-18)20(29)14-27-24-21(23-26-27)17-9-5-3-6-10-17/h3-13H,14H2,1-2H3,(H,25,30). The third-order valence-corrected chi connectivity index (χ3v) is 4.75. The van der Waals surface area contributed by atoms with Crippen LogP contribution in [0.2, 0.25) is 0 Å². The highest BCUT2D eigenvalue weighted by Crippen LogP contribution is 2.16. The fourth-order valence-corrected chi connectivity index (χ4v) is 3.20. The second-order valence-corrected chi connectivity index (χ2v) is 6.86. The van der Waals surface area contributed by atoms with E-state index in [1.54, 1.807) is 41.9 Å². The molecule has 0 fully saturated rings. The quantitative estimate of drug-likeness (QED) is 0.502. The van der Waals surface area contributed by atoms with Gasteiger partial charge >= 0.3 is 0 Å². The molecule has 1 N–H and O–H groups in total. The molecular formula is C22H20N6O2. The molecule has 0 radical (unpaired) electrons. The minimum absolute atomic E-state index is 0.0449. The van der Waals surface area contributed by atoms with E-state index in [4.69, 9.17) is 0 Å². The molecule has 4 rings (SSSR count). The Morgan fingerprint density at radius 1 is 0.967 bits per heavy atom. The number of carbonyl (C=O) groups is 2. The molecule has 0 aliphatic rings. The van der Waals surface area contributed by atoms with E-state index in [0.29, 0.717) is 22.6 Å². The Morgan fingerprint density at radius 2 is 1.63 bits per heavy atom. The van der Waals surface area contributed by atoms with Gasteiger partial charge in [0, 0.05) is 28.1 Å². The second kappa shape index (κ2) is 8.12. The van der Waals surface area contributed by atoms with Crippen LogP contribution >= 0.6 is 0 Å². The number of Topliss-reactive ketones (excluding diaryl/α,β-unsaturated/α-hetero) is 1. The molecule has 1 amide bonds. The van der Waals surface area contributed by atoms with Crippen LogP contribution in [0.1, 0.15) is 32.1 Å². The number of benzene rings is 2. The van der Waals surface area contributed by atoms with Crippen LogP contribution in [0.25, 0.3) is 11.4 Å². The van der Waals surface area contributed by atoms with E-state index < -0.39 is 0 Å². The third-order valence-electron chi connectivity index (χ3n) is 4.75. The number of hydrogen-bond acceptors (Lipinski definition) is 5. The molecular weight excluding hydrogens is 380 g/mol. The summed E-state index contributed by atoms with van der Waals surface area (Å²) in [5.74, 6) is 0.0474. The monoisotopic (exact) mass is 400 g/mol. The van der Waals surface area contributed by atoms with Crippen LogP contribution in [0.5, 0.6) is 0 Å². The third kappa shape index (κ3) is 3.88. The Kier molecular flexibility index (Phi) is 5.21. The fraction of sp³-hybridized carbons (Fsp3) is 0.136. The number of ketones is 1. The molecule has 0 aliphatic heterocycles. The molecule has 0 saturated heterocycles. The Morgan fingerprint density at radius 3 is 2.33 bits per heavy atom. The summed E-state index contributed by atoms with van der Waals surface area (Å²) < 4.78 is 1.62. The fourth-order valence-electron chi connectivity index (χ4n) is 3.20. The molecule has 0 saturated carbocycles. The van der Waals surface area contributed by atoms with Crippen molar-refractivity contribution in [2.75, 3.05) is 5.43 Å². The Balaban J connectivity index is 1.51.